The van der Waals surface area contributed by atoms with Crippen molar-refractivity contribution < 1.29 is 9.90 Å². The van der Waals surface area contributed by atoms with Crippen molar-refractivity contribution in [3.8, 4) is 5.69 Å². The maximum Gasteiger partial charge on any atom is 0.253 e. The van der Waals surface area contributed by atoms with Gasteiger partial charge in [-0.2, -0.15) is 5.10 Å². The zero-order valence-corrected chi connectivity index (χ0v) is 12.6. The molecule has 1 aromatic carbocycles. The van der Waals surface area contributed by atoms with Crippen LogP contribution in [0.25, 0.3) is 5.69 Å². The van der Waals surface area contributed by atoms with E-state index in [1.54, 1.807) is 35.1 Å². The topological polar surface area (TPSA) is 71.2 Å². The zero-order chi connectivity index (χ0) is 15.5. The van der Waals surface area contributed by atoms with Gasteiger partial charge in [-0.15, -0.1) is 0 Å². The molecule has 0 aliphatic heterocycles. The largest absolute Gasteiger partial charge is 0.393 e. The van der Waals surface area contributed by atoms with Crippen LogP contribution in [-0.2, 0) is 0 Å². The van der Waals surface area contributed by atoms with Crippen LogP contribution in [0.4, 0.5) is 0 Å². The van der Waals surface area contributed by atoms with Crippen molar-refractivity contribution in [3.05, 3.63) is 42.5 Å². The molecule has 116 valence electrons. The Morgan fingerprint density at radius 1 is 1.45 bits per heavy atom. The summed E-state index contributed by atoms with van der Waals surface area (Å²) in [6.45, 7) is 0.591. The maximum absolute atomic E-state index is 12.6. The van der Waals surface area contributed by atoms with Crippen molar-refractivity contribution >= 4 is 5.91 Å². The minimum atomic E-state index is -0.281. The molecule has 3 rings (SSSR count). The molecular formula is C16H20N4O2. The van der Waals surface area contributed by atoms with Crippen molar-refractivity contribution in [2.75, 3.05) is 13.6 Å². The van der Waals surface area contributed by atoms with Crippen molar-refractivity contribution in [1.29, 1.82) is 0 Å². The Morgan fingerprint density at radius 2 is 2.32 bits per heavy atom. The number of carbonyl (C=O) groups is 1. The normalized spacial score (nSPS) is 21.0. The molecular weight excluding hydrogens is 280 g/mol. The highest BCUT2D eigenvalue weighted by molar-refractivity contribution is 5.94. The van der Waals surface area contributed by atoms with E-state index in [9.17, 15) is 9.90 Å². The second kappa shape index (κ2) is 6.27. The number of benzene rings is 1. The molecule has 1 fully saturated rings. The van der Waals surface area contributed by atoms with E-state index in [1.807, 2.05) is 12.1 Å². The van der Waals surface area contributed by atoms with Crippen molar-refractivity contribution in [2.24, 2.45) is 5.92 Å². The number of aliphatic hydroxyl groups excluding tert-OH is 1. The van der Waals surface area contributed by atoms with E-state index in [4.69, 9.17) is 0 Å². The third kappa shape index (κ3) is 3.01. The van der Waals surface area contributed by atoms with Gasteiger partial charge in [0.1, 0.15) is 12.7 Å². The summed E-state index contributed by atoms with van der Waals surface area (Å²) in [7, 11) is 1.79. The van der Waals surface area contributed by atoms with Crippen molar-refractivity contribution in [3.63, 3.8) is 0 Å². The van der Waals surface area contributed by atoms with Gasteiger partial charge in [-0.3, -0.25) is 4.79 Å². The van der Waals surface area contributed by atoms with Crippen LogP contribution >= 0.6 is 0 Å². The van der Waals surface area contributed by atoms with Crippen LogP contribution in [0.3, 0.4) is 0 Å². The molecule has 1 amide bonds. The molecule has 22 heavy (non-hydrogen) atoms. The molecule has 0 radical (unpaired) electrons. The van der Waals surface area contributed by atoms with Gasteiger partial charge in [-0.1, -0.05) is 12.5 Å². The lowest BCUT2D eigenvalue weighted by molar-refractivity contribution is 0.0693. The van der Waals surface area contributed by atoms with Crippen LogP contribution in [0.1, 0.15) is 29.6 Å². The van der Waals surface area contributed by atoms with E-state index in [0.717, 1.165) is 24.9 Å². The summed E-state index contributed by atoms with van der Waals surface area (Å²) in [5.41, 5.74) is 1.42. The fraction of sp³-hybridized carbons (Fsp3) is 0.438. The average molecular weight is 300 g/mol. The van der Waals surface area contributed by atoms with Crippen LogP contribution in [0, 0.1) is 5.92 Å². The highest BCUT2D eigenvalue weighted by Gasteiger charge is 2.27. The predicted molar refractivity (Wildman–Crippen MR) is 81.7 cm³/mol. The number of nitrogens with zero attached hydrogens (tertiary/aromatic N) is 4. The zero-order valence-electron chi connectivity index (χ0n) is 12.6. The molecule has 0 saturated heterocycles. The molecule has 1 aliphatic carbocycles. The fourth-order valence-electron chi connectivity index (χ4n) is 3.01. The van der Waals surface area contributed by atoms with E-state index < -0.39 is 0 Å². The molecule has 0 spiro atoms. The van der Waals surface area contributed by atoms with Crippen LogP contribution in [0.15, 0.2) is 36.9 Å². The second-order valence-electron chi connectivity index (χ2n) is 5.83. The molecule has 6 heteroatoms. The molecule has 2 unspecified atom stereocenters. The minimum Gasteiger partial charge on any atom is -0.393 e. The monoisotopic (exact) mass is 300 g/mol. The van der Waals surface area contributed by atoms with Gasteiger partial charge in [0.2, 0.25) is 0 Å². The van der Waals surface area contributed by atoms with Gasteiger partial charge in [0.05, 0.1) is 11.8 Å². The minimum absolute atomic E-state index is 0.0407. The Kier molecular flexibility index (Phi) is 4.20. The first kappa shape index (κ1) is 14.7. The first-order valence-corrected chi connectivity index (χ1v) is 7.54. The number of aromatic nitrogens is 3. The van der Waals surface area contributed by atoms with Gasteiger partial charge in [-0.25, -0.2) is 9.67 Å². The van der Waals surface area contributed by atoms with Gasteiger partial charge in [0, 0.05) is 25.1 Å². The second-order valence-corrected chi connectivity index (χ2v) is 5.83. The summed E-state index contributed by atoms with van der Waals surface area (Å²) in [6, 6.07) is 7.32. The lowest BCUT2D eigenvalue weighted by Crippen LogP contribution is -2.34. The van der Waals surface area contributed by atoms with Crippen LogP contribution in [0.2, 0.25) is 0 Å². The Balaban J connectivity index is 1.73. The Hall–Kier alpha value is -2.21. The van der Waals surface area contributed by atoms with Crippen molar-refractivity contribution in [1.82, 2.24) is 19.7 Å². The van der Waals surface area contributed by atoms with Gasteiger partial charge < -0.3 is 10.0 Å². The number of rotatable bonds is 4. The van der Waals surface area contributed by atoms with E-state index >= 15 is 0 Å². The Morgan fingerprint density at radius 3 is 3.00 bits per heavy atom. The highest BCUT2D eigenvalue weighted by Crippen LogP contribution is 2.26. The van der Waals surface area contributed by atoms with Gasteiger partial charge in [-0.05, 0) is 31.0 Å². The van der Waals surface area contributed by atoms with Gasteiger partial charge >= 0.3 is 0 Å². The standard InChI is InChI=1S/C16H20N4O2/c1-19(9-13-5-3-7-15(13)21)16(22)12-4-2-6-14(8-12)20-11-17-10-18-20/h2,4,6,8,10-11,13,15,21H,3,5,7,9H2,1H3. The number of hydrogen-bond acceptors (Lipinski definition) is 4. The maximum atomic E-state index is 12.6. The molecule has 1 N–H and O–H groups in total. The number of amides is 1. The fourth-order valence-corrected chi connectivity index (χ4v) is 3.01. The molecule has 2 atom stereocenters. The van der Waals surface area contributed by atoms with Crippen LogP contribution < -0.4 is 0 Å². The molecule has 2 aromatic rings. The molecule has 1 aromatic heterocycles. The van der Waals surface area contributed by atoms with Gasteiger partial charge in [0.25, 0.3) is 5.91 Å². The third-order valence-electron chi connectivity index (χ3n) is 4.25. The summed E-state index contributed by atoms with van der Waals surface area (Å²) in [4.78, 5) is 18.2. The smallest absolute Gasteiger partial charge is 0.253 e. The number of aliphatic hydroxyl groups is 1. The molecule has 0 bridgehead atoms. The van der Waals surface area contributed by atoms with E-state index in [0.29, 0.717) is 12.1 Å². The SMILES string of the molecule is CN(CC1CCCC1O)C(=O)c1cccc(-n2cncn2)c1. The third-order valence-corrected chi connectivity index (χ3v) is 4.25. The summed E-state index contributed by atoms with van der Waals surface area (Å²) in [6.07, 6.45) is 5.64. The molecule has 6 nitrogen and oxygen atoms in total. The summed E-state index contributed by atoms with van der Waals surface area (Å²) < 4.78 is 1.62. The van der Waals surface area contributed by atoms with Crippen LogP contribution in [-0.4, -0.2) is 50.4 Å². The molecule has 1 saturated carbocycles. The summed E-state index contributed by atoms with van der Waals surface area (Å²) in [5.74, 6) is 0.147. The predicted octanol–water partition coefficient (Wildman–Crippen LogP) is 1.50. The molecule has 1 aliphatic rings. The van der Waals surface area contributed by atoms with E-state index in [2.05, 4.69) is 10.1 Å². The first-order valence-electron chi connectivity index (χ1n) is 7.54. The van der Waals surface area contributed by atoms with Crippen LogP contribution in [0.5, 0.6) is 0 Å². The first-order chi connectivity index (χ1) is 10.6. The Labute approximate surface area is 129 Å². The number of carbonyl (C=O) groups excluding carboxylic acids is 1. The average Bonchev–Trinajstić information content (AvgIpc) is 3.19. The summed E-state index contributed by atoms with van der Waals surface area (Å²) >= 11 is 0. The highest BCUT2D eigenvalue weighted by atomic mass is 16.3. The Bertz CT molecular complexity index is 641. The lowest BCUT2D eigenvalue weighted by Gasteiger charge is -2.23. The quantitative estimate of drug-likeness (QED) is 0.929. The van der Waals surface area contributed by atoms with E-state index in [1.165, 1.54) is 6.33 Å². The van der Waals surface area contributed by atoms with Gasteiger partial charge in [0.15, 0.2) is 0 Å². The van der Waals surface area contributed by atoms with E-state index in [-0.39, 0.29) is 17.9 Å². The van der Waals surface area contributed by atoms with Crippen molar-refractivity contribution in [2.45, 2.75) is 25.4 Å². The molecule has 1 heterocycles. The summed E-state index contributed by atoms with van der Waals surface area (Å²) in [5, 5.41) is 14.0. The lowest BCUT2D eigenvalue weighted by atomic mass is 10.1. The number of hydrogen-bond donors (Lipinski definition) is 1.